The first-order valence-corrected chi connectivity index (χ1v) is 9.98. The molecule has 0 amide bonds. The molecule has 2 rings (SSSR count). The SMILES string of the molecule is CCCCCCCCCCOc1cc(O)cc(/C=C/c2ccccc2)c1. The quantitative estimate of drug-likeness (QED) is 0.326. The third-order valence-corrected chi connectivity index (χ3v) is 4.45. The van der Waals surface area contributed by atoms with Crippen LogP contribution >= 0.6 is 0 Å². The van der Waals surface area contributed by atoms with Crippen molar-refractivity contribution in [1.29, 1.82) is 0 Å². The van der Waals surface area contributed by atoms with E-state index >= 15 is 0 Å². The van der Waals surface area contributed by atoms with E-state index in [4.69, 9.17) is 4.74 Å². The van der Waals surface area contributed by atoms with Crippen molar-refractivity contribution in [3.05, 3.63) is 59.7 Å². The second-order valence-corrected chi connectivity index (χ2v) is 6.83. The van der Waals surface area contributed by atoms with Gasteiger partial charge in [-0.1, -0.05) is 94.4 Å². The lowest BCUT2D eigenvalue weighted by Crippen LogP contribution is -1.97. The van der Waals surface area contributed by atoms with Crippen LogP contribution in [0.25, 0.3) is 12.2 Å². The van der Waals surface area contributed by atoms with E-state index in [1.165, 1.54) is 44.9 Å². The molecule has 0 unspecified atom stereocenters. The van der Waals surface area contributed by atoms with E-state index in [9.17, 15) is 5.11 Å². The van der Waals surface area contributed by atoms with Crippen LogP contribution in [0.5, 0.6) is 11.5 Å². The average molecular weight is 353 g/mol. The monoisotopic (exact) mass is 352 g/mol. The Hall–Kier alpha value is -2.22. The molecule has 0 aromatic heterocycles. The summed E-state index contributed by atoms with van der Waals surface area (Å²) in [5.74, 6) is 0.979. The van der Waals surface area contributed by atoms with Gasteiger partial charge >= 0.3 is 0 Å². The molecule has 0 atom stereocenters. The van der Waals surface area contributed by atoms with Gasteiger partial charge in [-0.05, 0) is 29.7 Å². The molecule has 0 radical (unpaired) electrons. The van der Waals surface area contributed by atoms with E-state index < -0.39 is 0 Å². The lowest BCUT2D eigenvalue weighted by Gasteiger charge is -2.08. The van der Waals surface area contributed by atoms with Gasteiger partial charge in [0.25, 0.3) is 0 Å². The molecule has 1 N–H and O–H groups in total. The number of benzene rings is 2. The number of phenolic OH excluding ortho intramolecular Hbond substituents is 1. The summed E-state index contributed by atoms with van der Waals surface area (Å²) in [6.45, 7) is 2.96. The highest BCUT2D eigenvalue weighted by molar-refractivity contribution is 5.70. The largest absolute Gasteiger partial charge is 0.508 e. The predicted octanol–water partition coefficient (Wildman–Crippen LogP) is 7.08. The van der Waals surface area contributed by atoms with E-state index in [1.807, 2.05) is 36.4 Å². The highest BCUT2D eigenvalue weighted by Gasteiger charge is 2.00. The Labute approximate surface area is 158 Å². The van der Waals surface area contributed by atoms with E-state index in [-0.39, 0.29) is 5.75 Å². The second-order valence-electron chi connectivity index (χ2n) is 6.83. The molecule has 2 heteroatoms. The maximum Gasteiger partial charge on any atom is 0.123 e. The van der Waals surface area contributed by atoms with Gasteiger partial charge in [-0.3, -0.25) is 0 Å². The van der Waals surface area contributed by atoms with Crippen molar-refractivity contribution in [2.45, 2.75) is 58.3 Å². The lowest BCUT2D eigenvalue weighted by molar-refractivity contribution is 0.302. The van der Waals surface area contributed by atoms with Gasteiger partial charge in [0.1, 0.15) is 11.5 Å². The van der Waals surface area contributed by atoms with Crippen molar-refractivity contribution in [2.24, 2.45) is 0 Å². The van der Waals surface area contributed by atoms with Crippen LogP contribution in [0.2, 0.25) is 0 Å². The molecule has 0 aliphatic carbocycles. The highest BCUT2D eigenvalue weighted by atomic mass is 16.5. The summed E-state index contributed by atoms with van der Waals surface area (Å²) < 4.78 is 5.83. The number of hydrogen-bond acceptors (Lipinski definition) is 2. The molecule has 0 heterocycles. The van der Waals surface area contributed by atoms with E-state index in [1.54, 1.807) is 12.1 Å². The van der Waals surface area contributed by atoms with E-state index in [0.717, 1.165) is 23.3 Å². The van der Waals surface area contributed by atoms with Gasteiger partial charge in [0, 0.05) is 6.07 Å². The Kier molecular flexibility index (Phi) is 9.42. The summed E-state index contributed by atoms with van der Waals surface area (Å²) in [5, 5.41) is 9.92. The first-order valence-electron chi connectivity index (χ1n) is 9.98. The van der Waals surface area contributed by atoms with Crippen molar-refractivity contribution in [3.8, 4) is 11.5 Å². The van der Waals surface area contributed by atoms with Gasteiger partial charge in [-0.2, -0.15) is 0 Å². The van der Waals surface area contributed by atoms with E-state index in [2.05, 4.69) is 19.1 Å². The molecule has 0 spiro atoms. The number of hydrogen-bond donors (Lipinski definition) is 1. The number of rotatable bonds is 12. The average Bonchev–Trinajstić information content (AvgIpc) is 2.65. The molecule has 0 fully saturated rings. The standard InChI is InChI=1S/C24H32O2/c1-2-3-4-5-6-7-8-12-17-26-24-19-22(18-23(25)20-24)16-15-21-13-10-9-11-14-21/h9-11,13-16,18-20,25H,2-8,12,17H2,1H3/b16-15+. The molecule has 26 heavy (non-hydrogen) atoms. The molecule has 2 aromatic carbocycles. The third-order valence-electron chi connectivity index (χ3n) is 4.45. The Morgan fingerprint density at radius 3 is 2.15 bits per heavy atom. The summed E-state index contributed by atoms with van der Waals surface area (Å²) in [6.07, 6.45) is 14.3. The van der Waals surface area contributed by atoms with Crippen LogP contribution in [-0.4, -0.2) is 11.7 Å². The lowest BCUT2D eigenvalue weighted by atomic mass is 10.1. The van der Waals surface area contributed by atoms with Gasteiger partial charge < -0.3 is 9.84 Å². The van der Waals surface area contributed by atoms with Gasteiger partial charge in [0.2, 0.25) is 0 Å². The Morgan fingerprint density at radius 1 is 0.769 bits per heavy atom. The van der Waals surface area contributed by atoms with Crippen LogP contribution < -0.4 is 4.74 Å². The maximum absolute atomic E-state index is 9.92. The first-order chi connectivity index (χ1) is 12.8. The first kappa shape index (κ1) is 20.1. The van der Waals surface area contributed by atoms with Crippen LogP contribution in [0.1, 0.15) is 69.4 Å². The minimum Gasteiger partial charge on any atom is -0.508 e. The molecule has 0 aliphatic rings. The number of phenols is 1. The predicted molar refractivity (Wildman–Crippen MR) is 112 cm³/mol. The molecular weight excluding hydrogens is 320 g/mol. The number of aromatic hydroxyl groups is 1. The minimum absolute atomic E-state index is 0.242. The Morgan fingerprint density at radius 2 is 1.42 bits per heavy atom. The molecule has 2 aromatic rings. The summed E-state index contributed by atoms with van der Waals surface area (Å²) in [4.78, 5) is 0. The molecule has 0 saturated heterocycles. The number of ether oxygens (including phenoxy) is 1. The van der Waals surface area contributed by atoms with Crippen LogP contribution in [0, 0.1) is 0 Å². The highest BCUT2D eigenvalue weighted by Crippen LogP contribution is 2.23. The summed E-state index contributed by atoms with van der Waals surface area (Å²) >= 11 is 0. The smallest absolute Gasteiger partial charge is 0.123 e. The van der Waals surface area contributed by atoms with E-state index in [0.29, 0.717) is 6.61 Å². The van der Waals surface area contributed by atoms with Gasteiger partial charge in [0.15, 0.2) is 0 Å². The van der Waals surface area contributed by atoms with Crippen molar-refractivity contribution in [3.63, 3.8) is 0 Å². The van der Waals surface area contributed by atoms with Crippen molar-refractivity contribution in [2.75, 3.05) is 6.61 Å². The molecule has 0 bridgehead atoms. The molecule has 140 valence electrons. The minimum atomic E-state index is 0.242. The topological polar surface area (TPSA) is 29.5 Å². The van der Waals surface area contributed by atoms with Crippen LogP contribution in [-0.2, 0) is 0 Å². The van der Waals surface area contributed by atoms with Crippen LogP contribution in [0.4, 0.5) is 0 Å². The van der Waals surface area contributed by atoms with Crippen LogP contribution in [0.15, 0.2) is 48.5 Å². The molecule has 0 aliphatic heterocycles. The van der Waals surface area contributed by atoms with Gasteiger partial charge in [0.05, 0.1) is 6.61 Å². The van der Waals surface area contributed by atoms with Gasteiger partial charge in [-0.25, -0.2) is 0 Å². The zero-order valence-electron chi connectivity index (χ0n) is 16.0. The Bertz CT molecular complexity index is 647. The zero-order chi connectivity index (χ0) is 18.5. The summed E-state index contributed by atoms with van der Waals surface area (Å²) in [7, 11) is 0. The molecule has 0 saturated carbocycles. The fourth-order valence-electron chi connectivity index (χ4n) is 2.97. The summed E-state index contributed by atoms with van der Waals surface area (Å²) in [6, 6.07) is 15.6. The number of unbranched alkanes of at least 4 members (excludes halogenated alkanes) is 7. The maximum atomic E-state index is 9.92. The normalized spacial score (nSPS) is 11.1. The molecular formula is C24H32O2. The van der Waals surface area contributed by atoms with Crippen LogP contribution in [0.3, 0.4) is 0 Å². The van der Waals surface area contributed by atoms with Crippen molar-refractivity contribution in [1.82, 2.24) is 0 Å². The van der Waals surface area contributed by atoms with Crippen molar-refractivity contribution < 1.29 is 9.84 Å². The fourth-order valence-corrected chi connectivity index (χ4v) is 2.97. The Balaban J connectivity index is 1.72. The third kappa shape index (κ3) is 8.24. The van der Waals surface area contributed by atoms with Crippen molar-refractivity contribution >= 4 is 12.2 Å². The second kappa shape index (κ2) is 12.2. The van der Waals surface area contributed by atoms with Gasteiger partial charge in [-0.15, -0.1) is 0 Å². The summed E-state index contributed by atoms with van der Waals surface area (Å²) in [5.41, 5.74) is 2.08. The molecule has 2 nitrogen and oxygen atoms in total. The zero-order valence-corrected chi connectivity index (χ0v) is 16.0. The fraction of sp³-hybridized carbons (Fsp3) is 0.417.